The zero-order valence-corrected chi connectivity index (χ0v) is 30.8. The summed E-state index contributed by atoms with van der Waals surface area (Å²) < 4.78 is 36.6. The molecule has 4 atom stereocenters. The van der Waals surface area contributed by atoms with Crippen LogP contribution in [0.4, 0.5) is 5.95 Å². The number of nitrogens with one attached hydrogen (secondary N) is 1. The van der Waals surface area contributed by atoms with Crippen LogP contribution in [0.1, 0.15) is 82.3 Å². The van der Waals surface area contributed by atoms with Crippen molar-refractivity contribution in [1.82, 2.24) is 24.4 Å². The van der Waals surface area contributed by atoms with E-state index in [4.69, 9.17) is 28.2 Å². The predicted molar refractivity (Wildman–Crippen MR) is 182 cm³/mol. The number of amides is 2. The van der Waals surface area contributed by atoms with Crippen molar-refractivity contribution in [1.29, 1.82) is 0 Å². The summed E-state index contributed by atoms with van der Waals surface area (Å²) in [6, 6.07) is 6.76. The molecule has 48 heavy (non-hydrogen) atoms. The maximum atomic E-state index is 13.1. The number of nitrogen functional groups attached to an aromatic ring is 1. The van der Waals surface area contributed by atoms with E-state index in [2.05, 4.69) is 70.3 Å². The Balaban J connectivity index is 1.39. The molecule has 5 heterocycles. The zero-order valence-electron chi connectivity index (χ0n) is 28.8. The zero-order chi connectivity index (χ0) is 34.7. The molecule has 0 bridgehead atoms. The first kappa shape index (κ1) is 34.6. The Morgan fingerprint density at radius 2 is 1.56 bits per heavy atom. The lowest BCUT2D eigenvalue weighted by Gasteiger charge is -2.51. The lowest BCUT2D eigenvalue weighted by molar-refractivity contribution is -0.0704. The van der Waals surface area contributed by atoms with Crippen molar-refractivity contribution >= 4 is 46.0 Å². The van der Waals surface area contributed by atoms with E-state index in [0.717, 1.165) is 0 Å². The number of aromatic nitrogens is 4. The van der Waals surface area contributed by atoms with Crippen molar-refractivity contribution < 1.29 is 32.0 Å². The van der Waals surface area contributed by atoms with Gasteiger partial charge in [0.1, 0.15) is 18.3 Å². The third-order valence-corrected chi connectivity index (χ3v) is 20.1. The minimum absolute atomic E-state index is 0.00165. The summed E-state index contributed by atoms with van der Waals surface area (Å²) in [5.41, 5.74) is 6.92. The number of aromatic amines is 1. The van der Waals surface area contributed by atoms with Crippen LogP contribution in [-0.4, -0.2) is 91.4 Å². The van der Waals surface area contributed by atoms with E-state index in [-0.39, 0.29) is 70.8 Å². The molecular formula is C32H46N6O8Si2. The Bertz CT molecular complexity index is 1710. The SMILES string of the molecule is CC(C)[Si]1(C(C)C)OC[C@H]2O[C@@H](n3cnc4c(=O)[nH]c(N)nc43)[C@H](OCCN3C(=O)c4ccccc4C3=O)[C@@H]2O[Si](C(C)C)(C(C)C)O1. The molecule has 2 aromatic heterocycles. The lowest BCUT2D eigenvalue weighted by Crippen LogP contribution is -2.66. The largest absolute Gasteiger partial charge is 0.414 e. The molecule has 0 radical (unpaired) electrons. The van der Waals surface area contributed by atoms with Gasteiger partial charge in [-0.2, -0.15) is 4.98 Å². The van der Waals surface area contributed by atoms with Crippen LogP contribution in [0.15, 0.2) is 35.4 Å². The minimum Gasteiger partial charge on any atom is -0.414 e. The number of H-pyrrole nitrogens is 1. The fourth-order valence-electron chi connectivity index (χ4n) is 7.38. The molecule has 1 aromatic carbocycles. The number of carbonyl (C=O) groups is 2. The molecule has 2 saturated heterocycles. The highest BCUT2D eigenvalue weighted by Crippen LogP contribution is 2.49. The Labute approximate surface area is 281 Å². The van der Waals surface area contributed by atoms with Crippen molar-refractivity contribution in [2.24, 2.45) is 0 Å². The smallest absolute Gasteiger partial charge is 0.335 e. The summed E-state index contributed by atoms with van der Waals surface area (Å²) in [6.07, 6.45) is -1.40. The number of imide groups is 1. The Hall–Kier alpha value is -3.26. The van der Waals surface area contributed by atoms with Crippen molar-refractivity contribution in [2.75, 3.05) is 25.5 Å². The maximum absolute atomic E-state index is 13.1. The van der Waals surface area contributed by atoms with Gasteiger partial charge in [-0.05, 0) is 34.3 Å². The van der Waals surface area contributed by atoms with E-state index in [1.807, 2.05) is 0 Å². The van der Waals surface area contributed by atoms with Crippen LogP contribution < -0.4 is 11.3 Å². The van der Waals surface area contributed by atoms with Gasteiger partial charge in [0.25, 0.3) is 17.4 Å². The van der Waals surface area contributed by atoms with Crippen molar-refractivity contribution in [2.45, 2.75) is 102 Å². The molecular weight excluding hydrogens is 653 g/mol. The molecule has 2 amide bonds. The van der Waals surface area contributed by atoms with Gasteiger partial charge < -0.3 is 28.2 Å². The van der Waals surface area contributed by atoms with Gasteiger partial charge in [-0.15, -0.1) is 0 Å². The van der Waals surface area contributed by atoms with Gasteiger partial charge >= 0.3 is 17.1 Å². The second-order valence-electron chi connectivity index (χ2n) is 14.0. The fraction of sp³-hybridized carbons (Fsp3) is 0.594. The number of hydrogen-bond acceptors (Lipinski definition) is 11. The minimum atomic E-state index is -3.08. The average Bonchev–Trinajstić information content (AvgIpc) is 3.65. The molecule has 3 aliphatic rings. The number of imidazole rings is 1. The van der Waals surface area contributed by atoms with Crippen LogP contribution in [0.25, 0.3) is 11.2 Å². The highest BCUT2D eigenvalue weighted by Gasteiger charge is 2.62. The number of rotatable bonds is 9. The first-order chi connectivity index (χ1) is 22.7. The molecule has 3 N–H and O–H groups in total. The summed E-state index contributed by atoms with van der Waals surface area (Å²) >= 11 is 0. The highest BCUT2D eigenvalue weighted by atomic mass is 28.5. The number of hydrogen-bond donors (Lipinski definition) is 2. The van der Waals surface area contributed by atoms with Crippen LogP contribution >= 0.6 is 0 Å². The number of nitrogens with zero attached hydrogens (tertiary/aromatic N) is 4. The lowest BCUT2D eigenvalue weighted by atomic mass is 10.1. The molecule has 0 unspecified atom stereocenters. The van der Waals surface area contributed by atoms with Gasteiger partial charge in [-0.25, -0.2) is 4.98 Å². The maximum Gasteiger partial charge on any atom is 0.335 e. The van der Waals surface area contributed by atoms with Crippen molar-refractivity contribution in [3.63, 3.8) is 0 Å². The molecule has 260 valence electrons. The second kappa shape index (κ2) is 12.9. The average molecular weight is 699 g/mol. The van der Waals surface area contributed by atoms with Crippen LogP contribution in [0, 0.1) is 0 Å². The van der Waals surface area contributed by atoms with E-state index < -0.39 is 47.2 Å². The monoisotopic (exact) mass is 698 g/mol. The van der Waals surface area contributed by atoms with E-state index in [9.17, 15) is 14.4 Å². The molecule has 14 nitrogen and oxygen atoms in total. The quantitative estimate of drug-likeness (QED) is 0.242. The summed E-state index contributed by atoms with van der Waals surface area (Å²) in [4.78, 5) is 51.3. The third kappa shape index (κ3) is 5.56. The topological polar surface area (TPSA) is 173 Å². The van der Waals surface area contributed by atoms with Crippen LogP contribution in [0.5, 0.6) is 0 Å². The van der Waals surface area contributed by atoms with E-state index in [0.29, 0.717) is 11.1 Å². The number of benzene rings is 1. The van der Waals surface area contributed by atoms with Crippen LogP contribution in [-0.2, 0) is 22.4 Å². The van der Waals surface area contributed by atoms with E-state index in [1.165, 1.54) is 11.2 Å². The number of fused-ring (bicyclic) bond motifs is 3. The van der Waals surface area contributed by atoms with Crippen LogP contribution in [0.2, 0.25) is 22.2 Å². The molecule has 16 heteroatoms. The van der Waals surface area contributed by atoms with Gasteiger partial charge in [0.05, 0.1) is 37.2 Å². The van der Waals surface area contributed by atoms with Gasteiger partial charge in [0, 0.05) is 0 Å². The Morgan fingerprint density at radius 1 is 0.958 bits per heavy atom. The molecule has 3 aliphatic heterocycles. The molecule has 2 fully saturated rings. The first-order valence-corrected chi connectivity index (χ1v) is 20.6. The Morgan fingerprint density at radius 3 is 2.15 bits per heavy atom. The second-order valence-corrected chi connectivity index (χ2v) is 22.9. The number of carbonyl (C=O) groups excluding carboxylic acids is 2. The van der Waals surface area contributed by atoms with E-state index >= 15 is 0 Å². The van der Waals surface area contributed by atoms with Gasteiger partial charge in [-0.1, -0.05) is 67.5 Å². The number of anilines is 1. The highest BCUT2D eigenvalue weighted by molar-refractivity contribution is 6.84. The van der Waals surface area contributed by atoms with E-state index in [1.54, 1.807) is 28.8 Å². The summed E-state index contributed by atoms with van der Waals surface area (Å²) in [5.74, 6) is -0.797. The number of nitrogens with two attached hydrogens (primary N) is 1. The summed E-state index contributed by atoms with van der Waals surface area (Å²) in [7, 11) is -5.94. The molecule has 0 saturated carbocycles. The van der Waals surface area contributed by atoms with Gasteiger partial charge in [-0.3, -0.25) is 28.8 Å². The van der Waals surface area contributed by atoms with Gasteiger partial charge in [0.2, 0.25) is 5.95 Å². The van der Waals surface area contributed by atoms with Crippen LogP contribution in [0.3, 0.4) is 0 Å². The normalized spacial score (nSPS) is 25.4. The fourth-order valence-corrected chi connectivity index (χ4v) is 18.6. The standard InChI is InChI=1S/C32H46N6O8Si2/c1-17(2)47(18(3)4)43-15-23-25(45-48(46-47,19(5)6)20(7)8)26(31(44-23)38-16-34-24-27(38)35-32(33)36-28(24)39)42-14-13-37-29(40)21-11-9-10-12-22(21)30(37)41/h9-12,16-20,23,25-26,31H,13-15H2,1-8H3,(H3,33,35,36,39)/t23-,25-,26-,31-/m1/s1. The predicted octanol–water partition coefficient (Wildman–Crippen LogP) is 4.24. The molecule has 6 rings (SSSR count). The Kier molecular flexibility index (Phi) is 9.29. The van der Waals surface area contributed by atoms with Crippen molar-refractivity contribution in [3.05, 3.63) is 52.1 Å². The summed E-state index contributed by atoms with van der Waals surface area (Å²) in [6.45, 7) is 17.4. The molecule has 0 spiro atoms. The molecule has 0 aliphatic carbocycles. The first-order valence-electron chi connectivity index (χ1n) is 16.7. The molecule has 3 aromatic rings. The van der Waals surface area contributed by atoms with Gasteiger partial charge in [0.15, 0.2) is 17.4 Å². The third-order valence-electron chi connectivity index (χ3n) is 9.85. The number of ether oxygens (including phenoxy) is 2. The van der Waals surface area contributed by atoms with Crippen molar-refractivity contribution in [3.8, 4) is 0 Å². The summed E-state index contributed by atoms with van der Waals surface area (Å²) in [5, 5.41) is 0.